The molecule has 1 aromatic rings. The van der Waals surface area contributed by atoms with Crippen LogP contribution in [-0.4, -0.2) is 151 Å². The van der Waals surface area contributed by atoms with Crippen LogP contribution >= 0.6 is 0 Å². The van der Waals surface area contributed by atoms with E-state index in [0.717, 1.165) is 86.3 Å². The van der Waals surface area contributed by atoms with Crippen LogP contribution in [0.15, 0.2) is 4.99 Å². The van der Waals surface area contributed by atoms with Crippen LogP contribution in [0.2, 0.25) is 0 Å². The molecule has 0 saturated heterocycles. The summed E-state index contributed by atoms with van der Waals surface area (Å²) in [5.41, 5.74) is 1.20. The minimum absolute atomic E-state index is 0.0326. The van der Waals surface area contributed by atoms with E-state index in [9.17, 15) is 56.3 Å². The second kappa shape index (κ2) is 23.0. The fourth-order valence-electron chi connectivity index (χ4n) is 7.05. The second-order valence-electron chi connectivity index (χ2n) is 13.1. The molecule has 1 fully saturated rings. The Labute approximate surface area is 344 Å². The third-order valence-corrected chi connectivity index (χ3v) is 12.7. The summed E-state index contributed by atoms with van der Waals surface area (Å²) in [5.74, 6) is 0.193. The summed E-state index contributed by atoms with van der Waals surface area (Å²) in [5, 5.41) is 1.01. The first-order valence-corrected chi connectivity index (χ1v) is 22.5. The molecule has 0 aliphatic heterocycles. The Kier molecular flexibility index (Phi) is 22.0. The van der Waals surface area contributed by atoms with Crippen LogP contribution in [-0.2, 0) is 20.0 Å². The van der Waals surface area contributed by atoms with E-state index >= 15 is 0 Å². The Morgan fingerprint density at radius 2 is 0.966 bits per heavy atom. The van der Waals surface area contributed by atoms with Gasteiger partial charge in [-0.1, -0.05) is 41.5 Å². The van der Waals surface area contributed by atoms with E-state index in [2.05, 4.69) is 93.7 Å². The minimum atomic E-state index is -6.72. The van der Waals surface area contributed by atoms with Gasteiger partial charge in [0.05, 0.1) is 12.1 Å². The molecule has 0 radical (unpaired) electrons. The van der Waals surface area contributed by atoms with Crippen molar-refractivity contribution in [2.45, 2.75) is 118 Å². The molecule has 0 heterocycles. The number of rotatable bonds is 21. The van der Waals surface area contributed by atoms with Gasteiger partial charge in [0, 0.05) is 26.2 Å². The molecule has 1 aromatic carbocycles. The van der Waals surface area contributed by atoms with Crippen LogP contribution in [0, 0.1) is 0 Å². The number of hydrogen-bond acceptors (Lipinski definition) is 10. The van der Waals surface area contributed by atoms with Gasteiger partial charge in [0.25, 0.3) is 5.36 Å². The predicted molar refractivity (Wildman–Crippen MR) is 215 cm³/mol. The maximum absolute atomic E-state index is 12.5. The summed E-state index contributed by atoms with van der Waals surface area (Å²) in [6, 6.07) is 0.703. The molecule has 2 unspecified atom stereocenters. The lowest BCUT2D eigenvalue weighted by molar-refractivity contribution is -0.134. The van der Waals surface area contributed by atoms with Crippen LogP contribution in [0.5, 0.6) is 0 Å². The molecule has 4 N–H and O–H groups in total. The number of sulfonamides is 2. The number of alkyl halides is 9. The van der Waals surface area contributed by atoms with Crippen molar-refractivity contribution in [1.29, 1.82) is 0 Å². The van der Waals surface area contributed by atoms with Crippen molar-refractivity contribution in [3.63, 3.8) is 0 Å². The summed E-state index contributed by atoms with van der Waals surface area (Å²) >= 11 is 0. The first-order valence-electron chi connectivity index (χ1n) is 19.7. The molecule has 59 heavy (non-hydrogen) atoms. The average Bonchev–Trinajstić information content (AvgIpc) is 4.00. The second-order valence-corrected chi connectivity index (χ2v) is 16.5. The van der Waals surface area contributed by atoms with Gasteiger partial charge in [0.2, 0.25) is 0 Å². The number of anilines is 2. The van der Waals surface area contributed by atoms with E-state index in [1.807, 2.05) is 11.5 Å². The number of likely N-dealkylation sites (N-methyl/N-ethyl adjacent to an activating group) is 3. The highest BCUT2D eigenvalue weighted by Gasteiger charge is 2.71. The van der Waals surface area contributed by atoms with Gasteiger partial charge >= 0.3 is 17.2 Å². The van der Waals surface area contributed by atoms with Gasteiger partial charge in [-0.05, 0) is 73.9 Å². The van der Waals surface area contributed by atoms with E-state index in [1.165, 1.54) is 0 Å². The van der Waals surface area contributed by atoms with Crippen LogP contribution in [0.4, 0.5) is 50.9 Å². The third-order valence-electron chi connectivity index (χ3n) is 9.96. The zero-order valence-corrected chi connectivity index (χ0v) is 37.6. The van der Waals surface area contributed by atoms with Crippen molar-refractivity contribution in [3.8, 4) is 0 Å². The van der Waals surface area contributed by atoms with Crippen molar-refractivity contribution in [1.82, 2.24) is 19.3 Å². The van der Waals surface area contributed by atoms with Crippen LogP contribution in [0.25, 0.3) is 4.13 Å². The zero-order chi connectivity index (χ0) is 46.5. The highest BCUT2D eigenvalue weighted by molar-refractivity contribution is 8.13. The number of nitrogens with zero attached hydrogens (tertiary/aromatic N) is 8. The summed E-state index contributed by atoms with van der Waals surface area (Å²) in [7, 11) is -13.4. The number of guanidine groups is 1. The summed E-state index contributed by atoms with van der Waals surface area (Å²) in [4.78, 5) is 16.6. The fraction of sp³-hybridized carbons (Fsp3) is 0.882. The molecular formula is C34H65F9N10O4S2. The first kappa shape index (κ1) is 56.4. The largest absolute Gasteiger partial charge is 0.480 e. The molecule has 0 aromatic heterocycles. The first-order chi connectivity index (χ1) is 27.0. The van der Waals surface area contributed by atoms with Crippen LogP contribution < -0.4 is 31.2 Å². The average molecular weight is 913 g/mol. The van der Waals surface area contributed by atoms with E-state index in [0.29, 0.717) is 18.6 Å². The topological polar surface area (TPSA) is 166 Å². The normalized spacial score (nSPS) is 18.7. The fourth-order valence-corrected chi connectivity index (χ4v) is 8.76. The molecule has 2 atom stereocenters. The maximum Gasteiger partial charge on any atom is 0.480 e. The van der Waals surface area contributed by atoms with Gasteiger partial charge in [0.1, 0.15) is 24.3 Å². The quantitative estimate of drug-likeness (QED) is 0.0755. The van der Waals surface area contributed by atoms with E-state index in [1.54, 1.807) is 0 Å². The predicted octanol–water partition coefficient (Wildman–Crippen LogP) is 4.79. The van der Waals surface area contributed by atoms with Crippen LogP contribution in [0.3, 0.4) is 0 Å². The molecule has 0 amide bonds. The van der Waals surface area contributed by atoms with Crippen molar-refractivity contribution in [2.24, 2.45) is 16.5 Å². The van der Waals surface area contributed by atoms with Crippen molar-refractivity contribution < 1.29 is 56.3 Å². The Bertz CT molecular complexity index is 1590. The Morgan fingerprint density at radius 1 is 0.627 bits per heavy atom. The van der Waals surface area contributed by atoms with E-state index in [4.69, 9.17) is 16.5 Å². The molecule has 14 nitrogen and oxygen atoms in total. The van der Waals surface area contributed by atoms with E-state index < -0.39 is 43.7 Å². The van der Waals surface area contributed by atoms with Gasteiger partial charge < -0.3 is 25.4 Å². The molecule has 350 valence electrons. The van der Waals surface area contributed by atoms with Crippen molar-refractivity contribution in [3.05, 3.63) is 9.48 Å². The lowest BCUT2D eigenvalue weighted by atomic mass is 10.3. The van der Waals surface area contributed by atoms with E-state index in [-0.39, 0.29) is 18.2 Å². The van der Waals surface area contributed by atoms with Crippen molar-refractivity contribution >= 4 is 37.4 Å². The minimum Gasteiger partial charge on any atom is -0.421 e. The highest BCUT2D eigenvalue weighted by atomic mass is 32.3. The zero-order valence-electron chi connectivity index (χ0n) is 35.9. The monoisotopic (exact) mass is 912 g/mol. The Morgan fingerprint density at radius 3 is 1.19 bits per heavy atom. The van der Waals surface area contributed by atoms with Gasteiger partial charge in [-0.25, -0.2) is 26.4 Å². The summed E-state index contributed by atoms with van der Waals surface area (Å²) in [6.07, 6.45) is -4.87. The summed E-state index contributed by atoms with van der Waals surface area (Å²) < 4.78 is 149. The molecule has 2 rings (SSSR count). The van der Waals surface area contributed by atoms with Crippen LogP contribution in [0.1, 0.15) is 82.6 Å². The molecule has 1 saturated carbocycles. The molecule has 1 aliphatic carbocycles. The Balaban J connectivity index is 0.000000874. The molecule has 0 bridgehead atoms. The highest BCUT2D eigenvalue weighted by Crippen LogP contribution is 2.50. The van der Waals surface area contributed by atoms with Gasteiger partial charge in [0.15, 0.2) is 38.2 Å². The number of halogens is 9. The molecule has 25 heteroatoms. The lowest BCUT2D eigenvalue weighted by Gasteiger charge is -2.31. The van der Waals surface area contributed by atoms with Gasteiger partial charge in [-0.2, -0.15) is 39.5 Å². The number of aliphatic imine (C=N–C) groups is 1. The SMILES string of the molecule is CCN(CC)C1C(N(CC)CC)C1(N=C(N)N)N(CC)CC.CCN(CC)c1c(N(CC)CC)c1=[N+](CC)CCC(F)(F)F.O=S(=O)([N-]S(=O)(=O)C(F)(F)F)C(F)(F)F. The van der Waals surface area contributed by atoms with Crippen molar-refractivity contribution in [2.75, 3.05) is 88.3 Å². The molecular weight excluding hydrogens is 848 g/mol. The Hall–Kier alpha value is -2.61. The number of nitrogens with two attached hydrogens (primary N) is 2. The smallest absolute Gasteiger partial charge is 0.421 e. The molecule has 1 aliphatic rings. The molecule has 0 spiro atoms. The van der Waals surface area contributed by atoms with Gasteiger partial charge in [-0.15, -0.1) is 0 Å². The lowest BCUT2D eigenvalue weighted by Crippen LogP contribution is -2.47. The van der Waals surface area contributed by atoms with Gasteiger partial charge in [-0.3, -0.25) is 14.7 Å². The maximum atomic E-state index is 12.5. The third kappa shape index (κ3) is 14.5. The summed E-state index contributed by atoms with van der Waals surface area (Å²) in [6.45, 7) is 33.5. The standard InChI is InChI=1S/C16H29F3N3.C16H36N6.C2F6NO4S2/c1-6-20(7-2)13-14(21(8-3)9-4)15(13)22(10-5)12-11-16(17,18)19;1-7-20(8-2)13-14(21(9-3)10-4)16(13,19-15(17)18)22(11-5)12-6;3-1(4,5)14(10,11)9-15(12,13)2(6,7)8/h6-12H2,1-5H3;13-14H,7-12H2,1-6H3,(H4,17,18,19);/q+1;;-1. The number of hydrogen-bond donors (Lipinski definition) is 2.